The highest BCUT2D eigenvalue weighted by Gasteiger charge is 2.47. The zero-order chi connectivity index (χ0) is 12.2. The molecule has 92 valence electrons. The molecular formula is C10H17O5P. The number of ketones is 1. The van der Waals surface area contributed by atoms with Crippen molar-refractivity contribution in [2.24, 2.45) is 0 Å². The lowest BCUT2D eigenvalue weighted by molar-refractivity contribution is -0.120. The van der Waals surface area contributed by atoms with Crippen LogP contribution in [0.3, 0.4) is 0 Å². The summed E-state index contributed by atoms with van der Waals surface area (Å²) in [5.41, 5.74) is 0. The van der Waals surface area contributed by atoms with Gasteiger partial charge in [0.05, 0.1) is 19.3 Å². The topological polar surface area (TPSA) is 61.8 Å². The van der Waals surface area contributed by atoms with Gasteiger partial charge in [0.25, 0.3) is 0 Å². The summed E-state index contributed by atoms with van der Waals surface area (Å²) in [6.45, 7) is 7.34. The number of rotatable bonds is 6. The van der Waals surface area contributed by atoms with E-state index in [1.807, 2.05) is 0 Å². The smallest absolute Gasteiger partial charge is 0.350 e. The maximum Gasteiger partial charge on any atom is 0.366 e. The van der Waals surface area contributed by atoms with E-state index >= 15 is 0 Å². The van der Waals surface area contributed by atoms with Crippen molar-refractivity contribution in [2.75, 3.05) is 13.2 Å². The summed E-state index contributed by atoms with van der Waals surface area (Å²) in [4.78, 5) is 11.6. The van der Waals surface area contributed by atoms with Crippen molar-refractivity contribution in [1.82, 2.24) is 0 Å². The minimum atomic E-state index is -3.49. The van der Waals surface area contributed by atoms with E-state index in [1.165, 1.54) is 6.08 Å². The number of hydrogen-bond acceptors (Lipinski definition) is 5. The summed E-state index contributed by atoms with van der Waals surface area (Å²) >= 11 is 0. The molecule has 1 heterocycles. The second-order valence-corrected chi connectivity index (χ2v) is 5.37. The monoisotopic (exact) mass is 248 g/mol. The summed E-state index contributed by atoms with van der Waals surface area (Å²) in [6.07, 6.45) is 1.30. The first-order valence-electron chi connectivity index (χ1n) is 5.27. The number of hydrogen-bond donors (Lipinski definition) is 0. The Labute approximate surface area is 95.3 Å². The molecular weight excluding hydrogens is 231 g/mol. The third kappa shape index (κ3) is 2.80. The van der Waals surface area contributed by atoms with Crippen molar-refractivity contribution < 1.29 is 23.1 Å². The van der Waals surface area contributed by atoms with Crippen LogP contribution in [-0.2, 0) is 23.1 Å². The summed E-state index contributed by atoms with van der Waals surface area (Å²) in [5.74, 6) is -1.36. The van der Waals surface area contributed by atoms with E-state index < -0.39 is 19.5 Å². The molecule has 1 aliphatic rings. The average Bonchev–Trinajstić information content (AvgIpc) is 2.61. The number of carbonyl (C=O) groups excluding carboxylic acids is 1. The van der Waals surface area contributed by atoms with Gasteiger partial charge in [-0.2, -0.15) is 0 Å². The molecule has 0 aromatic carbocycles. The molecule has 0 amide bonds. The van der Waals surface area contributed by atoms with Crippen LogP contribution >= 0.6 is 7.60 Å². The molecule has 0 N–H and O–H groups in total. The molecule has 1 unspecified atom stereocenters. The van der Waals surface area contributed by atoms with Gasteiger partial charge in [-0.3, -0.25) is 9.36 Å². The van der Waals surface area contributed by atoms with E-state index in [0.717, 1.165) is 0 Å². The molecule has 6 heteroatoms. The van der Waals surface area contributed by atoms with Crippen LogP contribution in [0, 0.1) is 0 Å². The Kier molecular flexibility index (Phi) is 4.87. The molecule has 1 saturated heterocycles. The molecule has 16 heavy (non-hydrogen) atoms. The van der Waals surface area contributed by atoms with Gasteiger partial charge in [-0.25, -0.2) is 0 Å². The minimum absolute atomic E-state index is 0.179. The zero-order valence-corrected chi connectivity index (χ0v) is 10.4. The first kappa shape index (κ1) is 13.6. The van der Waals surface area contributed by atoms with Crippen molar-refractivity contribution in [3.8, 4) is 0 Å². The fourth-order valence-corrected chi connectivity index (χ4v) is 3.34. The Morgan fingerprint density at radius 3 is 2.44 bits per heavy atom. The van der Waals surface area contributed by atoms with Crippen LogP contribution in [0.4, 0.5) is 0 Å². The largest absolute Gasteiger partial charge is 0.366 e. The van der Waals surface area contributed by atoms with Gasteiger partial charge in [-0.1, -0.05) is 6.08 Å². The fourth-order valence-electron chi connectivity index (χ4n) is 1.51. The van der Waals surface area contributed by atoms with E-state index in [2.05, 4.69) is 6.58 Å². The third-order valence-electron chi connectivity index (χ3n) is 2.15. The number of Topliss-reactive ketones (excluding diaryl/α,β-unsaturated/α-hetero) is 1. The maximum absolute atomic E-state index is 12.3. The number of carbonyl (C=O) groups is 1. The number of ether oxygens (including phenoxy) is 1. The van der Waals surface area contributed by atoms with Gasteiger partial charge >= 0.3 is 7.60 Å². The Hall–Kier alpha value is -0.480. The summed E-state index contributed by atoms with van der Waals surface area (Å²) in [6, 6.07) is 0. The molecule has 5 nitrogen and oxygen atoms in total. The molecule has 0 aromatic rings. The third-order valence-corrected chi connectivity index (χ3v) is 4.37. The van der Waals surface area contributed by atoms with Crippen LogP contribution in [0.5, 0.6) is 0 Å². The molecule has 1 aliphatic heterocycles. The molecule has 0 radical (unpaired) electrons. The molecule has 0 aromatic heterocycles. The molecule has 0 spiro atoms. The molecule has 0 aliphatic carbocycles. The summed E-state index contributed by atoms with van der Waals surface area (Å²) in [7, 11) is -3.49. The van der Waals surface area contributed by atoms with Gasteiger partial charge < -0.3 is 13.8 Å². The SMILES string of the molecule is C=C[C@H]1CC(=O)C(P(=O)(OCC)OCC)O1. The van der Waals surface area contributed by atoms with Crippen molar-refractivity contribution in [3.63, 3.8) is 0 Å². The Morgan fingerprint density at radius 1 is 1.50 bits per heavy atom. The van der Waals surface area contributed by atoms with Crippen LogP contribution in [0.2, 0.25) is 0 Å². The van der Waals surface area contributed by atoms with Crippen LogP contribution in [0.25, 0.3) is 0 Å². The van der Waals surface area contributed by atoms with E-state index in [4.69, 9.17) is 13.8 Å². The zero-order valence-electron chi connectivity index (χ0n) is 9.55. The second-order valence-electron chi connectivity index (χ2n) is 3.31. The van der Waals surface area contributed by atoms with Crippen molar-refractivity contribution in [1.29, 1.82) is 0 Å². The average molecular weight is 248 g/mol. The van der Waals surface area contributed by atoms with Gasteiger partial charge in [0.2, 0.25) is 5.85 Å². The first-order chi connectivity index (χ1) is 7.57. The predicted octanol–water partition coefficient (Wildman–Crippen LogP) is 2.12. The lowest BCUT2D eigenvalue weighted by Gasteiger charge is -2.21. The van der Waals surface area contributed by atoms with Crippen molar-refractivity contribution in [3.05, 3.63) is 12.7 Å². The standard InChI is InChI=1S/C10H17O5P/c1-4-8-7-9(11)10(15-8)16(12,13-5-2)14-6-3/h4,8,10H,1,5-7H2,2-3H3/t8-,10?/m0/s1. The fraction of sp³-hybridized carbons (Fsp3) is 0.700. The predicted molar refractivity (Wildman–Crippen MR) is 59.3 cm³/mol. The molecule has 1 fully saturated rings. The molecule has 0 saturated carbocycles. The first-order valence-corrected chi connectivity index (χ1v) is 6.88. The van der Waals surface area contributed by atoms with Crippen LogP contribution in [0.1, 0.15) is 20.3 Å². The van der Waals surface area contributed by atoms with E-state index in [9.17, 15) is 9.36 Å². The highest BCUT2D eigenvalue weighted by Crippen LogP contribution is 2.56. The second kappa shape index (κ2) is 5.73. The maximum atomic E-state index is 12.3. The van der Waals surface area contributed by atoms with Gasteiger partial charge in [0, 0.05) is 6.42 Å². The summed E-state index contributed by atoms with van der Waals surface area (Å²) < 4.78 is 27.7. The van der Waals surface area contributed by atoms with Crippen molar-refractivity contribution in [2.45, 2.75) is 32.2 Å². The Bertz CT molecular complexity index is 304. The molecule has 0 bridgehead atoms. The highest BCUT2D eigenvalue weighted by molar-refractivity contribution is 7.55. The van der Waals surface area contributed by atoms with Gasteiger partial charge in [-0.05, 0) is 13.8 Å². The molecule has 1 rings (SSSR count). The Morgan fingerprint density at radius 2 is 2.06 bits per heavy atom. The van der Waals surface area contributed by atoms with Crippen molar-refractivity contribution >= 4 is 13.4 Å². The van der Waals surface area contributed by atoms with E-state index in [0.29, 0.717) is 0 Å². The molecule has 2 atom stereocenters. The van der Waals surface area contributed by atoms with Crippen LogP contribution < -0.4 is 0 Å². The summed E-state index contributed by atoms with van der Waals surface area (Å²) in [5, 5.41) is 0. The minimum Gasteiger partial charge on any atom is -0.350 e. The highest BCUT2D eigenvalue weighted by atomic mass is 31.2. The Balaban J connectivity index is 2.83. The van der Waals surface area contributed by atoms with Crippen LogP contribution in [-0.4, -0.2) is 30.9 Å². The van der Waals surface area contributed by atoms with E-state index in [1.54, 1.807) is 13.8 Å². The van der Waals surface area contributed by atoms with Gasteiger partial charge in [-0.15, -0.1) is 6.58 Å². The normalized spacial score (nSPS) is 26.0. The van der Waals surface area contributed by atoms with Crippen LogP contribution in [0.15, 0.2) is 12.7 Å². The van der Waals surface area contributed by atoms with Gasteiger partial charge in [0.15, 0.2) is 5.78 Å². The van der Waals surface area contributed by atoms with E-state index in [-0.39, 0.29) is 25.4 Å². The lowest BCUT2D eigenvalue weighted by atomic mass is 10.2. The lowest BCUT2D eigenvalue weighted by Crippen LogP contribution is -2.19. The quantitative estimate of drug-likeness (QED) is 0.532. The van der Waals surface area contributed by atoms with Gasteiger partial charge in [0.1, 0.15) is 0 Å².